The van der Waals surface area contributed by atoms with Crippen LogP contribution in [-0.4, -0.2) is 72.9 Å². The van der Waals surface area contributed by atoms with Crippen LogP contribution in [0, 0.1) is 0 Å². The van der Waals surface area contributed by atoms with Crippen LogP contribution in [0.4, 0.5) is 0 Å². The van der Waals surface area contributed by atoms with Crippen molar-refractivity contribution in [3.8, 4) is 0 Å². The van der Waals surface area contributed by atoms with E-state index in [1.165, 1.54) is 0 Å². The number of hydrogen-bond acceptors (Lipinski definition) is 8. The molecular weight excluding hydrogens is 256 g/mol. The van der Waals surface area contributed by atoms with Gasteiger partial charge in [0, 0.05) is 6.04 Å². The van der Waals surface area contributed by atoms with E-state index in [9.17, 15) is 10.2 Å². The lowest BCUT2D eigenvalue weighted by atomic mass is 9.95. The molecular formula is C11H20N2O6. The number of nitrogens with one attached hydrogen (secondary N) is 1. The van der Waals surface area contributed by atoms with Crippen LogP contribution in [0.15, 0.2) is 0 Å². The van der Waals surface area contributed by atoms with Crippen molar-refractivity contribution >= 4 is 0 Å². The van der Waals surface area contributed by atoms with Crippen LogP contribution in [0.5, 0.6) is 0 Å². The van der Waals surface area contributed by atoms with Gasteiger partial charge < -0.3 is 29.2 Å². The molecule has 3 aliphatic heterocycles. The third kappa shape index (κ3) is 2.28. The van der Waals surface area contributed by atoms with E-state index in [1.54, 1.807) is 0 Å². The quantitative estimate of drug-likeness (QED) is 0.322. The van der Waals surface area contributed by atoms with E-state index in [4.69, 9.17) is 24.8 Å². The molecule has 19 heavy (non-hydrogen) atoms. The van der Waals surface area contributed by atoms with E-state index in [0.29, 0.717) is 19.6 Å². The molecule has 3 aliphatic rings. The summed E-state index contributed by atoms with van der Waals surface area (Å²) in [6, 6.07) is -0.0122. The smallest absolute Gasteiger partial charge is 0.191 e. The zero-order valence-electron chi connectivity index (χ0n) is 10.5. The Labute approximate surface area is 110 Å². The van der Waals surface area contributed by atoms with Crippen LogP contribution in [0.25, 0.3) is 0 Å². The minimum absolute atomic E-state index is 0.0122. The van der Waals surface area contributed by atoms with Crippen molar-refractivity contribution in [3.63, 3.8) is 0 Å². The summed E-state index contributed by atoms with van der Waals surface area (Å²) in [5.41, 5.74) is 1.23. The van der Waals surface area contributed by atoms with Gasteiger partial charge in [-0.25, -0.2) is 0 Å². The Balaban J connectivity index is 1.71. The molecule has 8 nitrogen and oxygen atoms in total. The molecule has 0 bridgehead atoms. The topological polar surface area (TPSA) is 115 Å². The van der Waals surface area contributed by atoms with Gasteiger partial charge in [0.25, 0.3) is 0 Å². The average molecular weight is 276 g/mol. The third-order valence-electron chi connectivity index (χ3n) is 3.95. The number of fused-ring (bicyclic) bond motifs is 1. The van der Waals surface area contributed by atoms with E-state index in [1.807, 2.05) is 0 Å². The Morgan fingerprint density at radius 3 is 2.79 bits per heavy atom. The SMILES string of the molecule is NNC1CCOC([C@@]2(O)CO[C@@H]3[C@H](O)CO[C@@H]32)OC1. The lowest BCUT2D eigenvalue weighted by Gasteiger charge is -2.33. The van der Waals surface area contributed by atoms with Crippen molar-refractivity contribution in [2.45, 2.75) is 42.7 Å². The van der Waals surface area contributed by atoms with Crippen LogP contribution in [0.3, 0.4) is 0 Å². The van der Waals surface area contributed by atoms with E-state index >= 15 is 0 Å². The molecule has 3 fully saturated rings. The molecule has 0 radical (unpaired) electrons. The first-order valence-electron chi connectivity index (χ1n) is 6.48. The second-order valence-corrected chi connectivity index (χ2v) is 5.28. The van der Waals surface area contributed by atoms with Crippen molar-refractivity contribution in [2.75, 3.05) is 26.4 Å². The summed E-state index contributed by atoms with van der Waals surface area (Å²) in [7, 11) is 0. The molecule has 2 unspecified atom stereocenters. The molecule has 3 saturated heterocycles. The number of ether oxygens (including phenoxy) is 4. The predicted molar refractivity (Wildman–Crippen MR) is 61.9 cm³/mol. The first-order chi connectivity index (χ1) is 9.15. The lowest BCUT2D eigenvalue weighted by molar-refractivity contribution is -0.251. The third-order valence-corrected chi connectivity index (χ3v) is 3.95. The normalized spacial score (nSPS) is 51.0. The van der Waals surface area contributed by atoms with Crippen LogP contribution in [0.1, 0.15) is 6.42 Å². The molecule has 0 aromatic heterocycles. The monoisotopic (exact) mass is 276 g/mol. The maximum absolute atomic E-state index is 10.7. The van der Waals surface area contributed by atoms with Gasteiger partial charge in [-0.05, 0) is 6.42 Å². The molecule has 8 heteroatoms. The van der Waals surface area contributed by atoms with Gasteiger partial charge in [0.2, 0.25) is 0 Å². The number of hydrazine groups is 1. The summed E-state index contributed by atoms with van der Waals surface area (Å²) in [4.78, 5) is 0. The molecule has 0 amide bonds. The first kappa shape index (κ1) is 13.7. The number of aliphatic hydroxyl groups is 2. The predicted octanol–water partition coefficient (Wildman–Crippen LogP) is -2.53. The number of aliphatic hydroxyl groups excluding tert-OH is 1. The molecule has 0 saturated carbocycles. The summed E-state index contributed by atoms with van der Waals surface area (Å²) >= 11 is 0. The molecule has 3 rings (SSSR count). The highest BCUT2D eigenvalue weighted by Gasteiger charge is 2.60. The van der Waals surface area contributed by atoms with E-state index in [-0.39, 0.29) is 19.3 Å². The maximum Gasteiger partial charge on any atom is 0.191 e. The molecule has 110 valence electrons. The van der Waals surface area contributed by atoms with Gasteiger partial charge >= 0.3 is 0 Å². The molecule has 0 aromatic carbocycles. The lowest BCUT2D eigenvalue weighted by Crippen LogP contribution is -2.55. The van der Waals surface area contributed by atoms with Crippen molar-refractivity contribution in [3.05, 3.63) is 0 Å². The minimum Gasteiger partial charge on any atom is -0.388 e. The van der Waals surface area contributed by atoms with Gasteiger partial charge in [0.1, 0.15) is 18.3 Å². The van der Waals surface area contributed by atoms with Crippen molar-refractivity contribution in [2.24, 2.45) is 5.84 Å². The van der Waals surface area contributed by atoms with Crippen molar-refractivity contribution in [1.82, 2.24) is 5.43 Å². The maximum atomic E-state index is 10.7. The van der Waals surface area contributed by atoms with Gasteiger partial charge in [-0.15, -0.1) is 0 Å². The Bertz CT molecular complexity index is 332. The summed E-state index contributed by atoms with van der Waals surface area (Å²) in [5, 5.41) is 20.4. The summed E-state index contributed by atoms with van der Waals surface area (Å²) < 4.78 is 22.0. The van der Waals surface area contributed by atoms with Gasteiger partial charge in [0.05, 0.1) is 26.4 Å². The standard InChI is InChI=1S/C11H20N2O6/c12-13-6-1-2-16-10(18-3-6)11(15)5-19-8-7(14)4-17-9(8)11/h6-10,13-15H,1-5,12H2/t6?,7-,8-,9+,10?,11-/m1/s1. The van der Waals surface area contributed by atoms with Crippen molar-refractivity contribution < 1.29 is 29.2 Å². The molecule has 0 aliphatic carbocycles. The largest absolute Gasteiger partial charge is 0.388 e. The van der Waals surface area contributed by atoms with E-state index < -0.39 is 30.2 Å². The van der Waals surface area contributed by atoms with Crippen LogP contribution in [-0.2, 0) is 18.9 Å². The second-order valence-electron chi connectivity index (χ2n) is 5.28. The van der Waals surface area contributed by atoms with Gasteiger partial charge in [-0.2, -0.15) is 0 Å². The molecule has 5 N–H and O–H groups in total. The number of rotatable bonds is 2. The van der Waals surface area contributed by atoms with Crippen LogP contribution >= 0.6 is 0 Å². The fourth-order valence-electron chi connectivity index (χ4n) is 2.81. The van der Waals surface area contributed by atoms with Gasteiger partial charge in [0.15, 0.2) is 11.9 Å². The van der Waals surface area contributed by atoms with Crippen LogP contribution < -0.4 is 11.3 Å². The minimum atomic E-state index is -1.40. The summed E-state index contributed by atoms with van der Waals surface area (Å²) in [6.45, 7) is 0.924. The molecule has 6 atom stereocenters. The van der Waals surface area contributed by atoms with Crippen molar-refractivity contribution in [1.29, 1.82) is 0 Å². The van der Waals surface area contributed by atoms with E-state index in [2.05, 4.69) is 5.43 Å². The Morgan fingerprint density at radius 1 is 1.16 bits per heavy atom. The van der Waals surface area contributed by atoms with Gasteiger partial charge in [-0.1, -0.05) is 0 Å². The fourth-order valence-corrected chi connectivity index (χ4v) is 2.81. The second kappa shape index (κ2) is 5.23. The van der Waals surface area contributed by atoms with Crippen LogP contribution in [0.2, 0.25) is 0 Å². The highest BCUT2D eigenvalue weighted by molar-refractivity contribution is 5.06. The number of nitrogens with two attached hydrogens (primary N) is 1. The van der Waals surface area contributed by atoms with Gasteiger partial charge in [-0.3, -0.25) is 11.3 Å². The molecule has 0 spiro atoms. The number of hydrogen-bond donors (Lipinski definition) is 4. The Kier molecular flexibility index (Phi) is 3.76. The summed E-state index contributed by atoms with van der Waals surface area (Å²) in [5.74, 6) is 5.38. The van der Waals surface area contributed by atoms with E-state index in [0.717, 1.165) is 0 Å². The zero-order chi connectivity index (χ0) is 13.5. The Morgan fingerprint density at radius 2 is 2.00 bits per heavy atom. The first-order valence-corrected chi connectivity index (χ1v) is 6.48. The summed E-state index contributed by atoms with van der Waals surface area (Å²) in [6.07, 6.45) is -2.02. The highest BCUT2D eigenvalue weighted by atomic mass is 16.7. The fraction of sp³-hybridized carbons (Fsp3) is 1.00. The zero-order valence-corrected chi connectivity index (χ0v) is 10.5. The Hall–Kier alpha value is -0.320. The average Bonchev–Trinajstić information content (AvgIpc) is 2.83. The molecule has 0 aromatic rings. The highest BCUT2D eigenvalue weighted by Crippen LogP contribution is 2.38. The molecule has 3 heterocycles.